The summed E-state index contributed by atoms with van der Waals surface area (Å²) >= 11 is 0. The van der Waals surface area contributed by atoms with E-state index in [-0.39, 0.29) is 12.1 Å². The van der Waals surface area contributed by atoms with Crippen molar-refractivity contribution in [3.05, 3.63) is 0 Å². The first kappa shape index (κ1) is 13.9. The van der Waals surface area contributed by atoms with Crippen molar-refractivity contribution < 1.29 is 5.11 Å². The summed E-state index contributed by atoms with van der Waals surface area (Å²) in [5.74, 6) is 0. The monoisotopic (exact) mass is 229 g/mol. The minimum absolute atomic E-state index is 0.126. The van der Waals surface area contributed by atoms with Crippen LogP contribution in [0.5, 0.6) is 0 Å². The van der Waals surface area contributed by atoms with E-state index < -0.39 is 0 Å². The van der Waals surface area contributed by atoms with Crippen LogP contribution in [0.2, 0.25) is 0 Å². The van der Waals surface area contributed by atoms with Gasteiger partial charge in [-0.1, -0.05) is 0 Å². The molecule has 1 aliphatic rings. The minimum Gasteiger partial charge on any atom is -0.396 e. The van der Waals surface area contributed by atoms with Gasteiger partial charge in [-0.05, 0) is 52.7 Å². The Labute approximate surface area is 99.2 Å². The Morgan fingerprint density at radius 2 is 2.06 bits per heavy atom. The van der Waals surface area contributed by atoms with Gasteiger partial charge >= 0.3 is 0 Å². The maximum absolute atomic E-state index is 8.82. The maximum Gasteiger partial charge on any atom is 0.0431 e. The number of nitrogens with one attached hydrogen (secondary N) is 1. The zero-order valence-electron chi connectivity index (χ0n) is 10.7. The Morgan fingerprint density at radius 1 is 1.44 bits per heavy atom. The highest BCUT2D eigenvalue weighted by Crippen LogP contribution is 2.21. The third-order valence-corrected chi connectivity index (χ3v) is 3.68. The second-order valence-electron chi connectivity index (χ2n) is 5.20. The van der Waals surface area contributed by atoms with Crippen LogP contribution < -0.4 is 11.1 Å². The number of nitrogens with two attached hydrogens (primary N) is 1. The molecule has 0 aromatic carbocycles. The van der Waals surface area contributed by atoms with Gasteiger partial charge in [-0.15, -0.1) is 0 Å². The molecule has 1 rings (SSSR count). The molecule has 0 spiro atoms. The molecular formula is C12H27N3O. The first-order valence-corrected chi connectivity index (χ1v) is 6.39. The molecule has 1 saturated heterocycles. The largest absolute Gasteiger partial charge is 0.396 e. The number of aliphatic hydroxyl groups is 1. The van der Waals surface area contributed by atoms with E-state index in [9.17, 15) is 0 Å². The minimum atomic E-state index is 0.126. The van der Waals surface area contributed by atoms with E-state index in [4.69, 9.17) is 10.8 Å². The Hall–Kier alpha value is -0.160. The van der Waals surface area contributed by atoms with Gasteiger partial charge in [-0.25, -0.2) is 0 Å². The number of aliphatic hydroxyl groups excluding tert-OH is 1. The molecule has 1 atom stereocenters. The summed E-state index contributed by atoms with van der Waals surface area (Å²) in [5, 5.41) is 12.5. The number of piperidine rings is 1. The summed E-state index contributed by atoms with van der Waals surface area (Å²) < 4.78 is 0. The number of hydrogen-bond donors (Lipinski definition) is 3. The fourth-order valence-electron chi connectivity index (χ4n) is 2.45. The lowest BCUT2D eigenvalue weighted by molar-refractivity contribution is 0.147. The SMILES string of the molecule is CC(CCCO)NC1(CN)CCN(C)CC1. The number of likely N-dealkylation sites (tertiary alicyclic amines) is 1. The second-order valence-corrected chi connectivity index (χ2v) is 5.20. The molecule has 0 saturated carbocycles. The second kappa shape index (κ2) is 6.55. The molecule has 0 aliphatic carbocycles. The van der Waals surface area contributed by atoms with Crippen LogP contribution in [0.3, 0.4) is 0 Å². The summed E-state index contributed by atoms with van der Waals surface area (Å²) in [6.07, 6.45) is 4.15. The highest BCUT2D eigenvalue weighted by Gasteiger charge is 2.32. The summed E-state index contributed by atoms with van der Waals surface area (Å²) in [4.78, 5) is 2.36. The van der Waals surface area contributed by atoms with Crippen LogP contribution in [-0.4, -0.2) is 54.9 Å². The summed E-state index contributed by atoms with van der Waals surface area (Å²) in [5.41, 5.74) is 6.06. The van der Waals surface area contributed by atoms with E-state index in [1.54, 1.807) is 0 Å². The van der Waals surface area contributed by atoms with Crippen molar-refractivity contribution in [3.63, 3.8) is 0 Å². The fraction of sp³-hybridized carbons (Fsp3) is 1.00. The van der Waals surface area contributed by atoms with E-state index in [0.29, 0.717) is 12.6 Å². The predicted octanol–water partition coefficient (Wildman–Crippen LogP) is 0.160. The number of rotatable bonds is 6. The van der Waals surface area contributed by atoms with Crippen molar-refractivity contribution in [3.8, 4) is 0 Å². The molecule has 4 nitrogen and oxygen atoms in total. The van der Waals surface area contributed by atoms with Crippen LogP contribution in [0.1, 0.15) is 32.6 Å². The average molecular weight is 229 g/mol. The van der Waals surface area contributed by atoms with Crippen LogP contribution in [0.15, 0.2) is 0 Å². The zero-order chi connectivity index (χ0) is 12.0. The fourth-order valence-corrected chi connectivity index (χ4v) is 2.45. The van der Waals surface area contributed by atoms with E-state index in [0.717, 1.165) is 38.8 Å². The molecule has 16 heavy (non-hydrogen) atoms. The Kier molecular flexibility index (Phi) is 5.69. The van der Waals surface area contributed by atoms with E-state index in [1.165, 1.54) is 0 Å². The van der Waals surface area contributed by atoms with Gasteiger partial charge in [0.05, 0.1) is 0 Å². The van der Waals surface area contributed by atoms with Crippen molar-refractivity contribution in [2.24, 2.45) is 5.73 Å². The van der Waals surface area contributed by atoms with Gasteiger partial charge in [0.25, 0.3) is 0 Å². The van der Waals surface area contributed by atoms with Gasteiger partial charge in [0.2, 0.25) is 0 Å². The lowest BCUT2D eigenvalue weighted by Gasteiger charge is -2.42. The van der Waals surface area contributed by atoms with Crippen LogP contribution in [-0.2, 0) is 0 Å². The van der Waals surface area contributed by atoms with Crippen molar-refractivity contribution in [2.75, 3.05) is 33.3 Å². The number of hydrogen-bond acceptors (Lipinski definition) is 4. The smallest absolute Gasteiger partial charge is 0.0431 e. The molecule has 96 valence electrons. The first-order chi connectivity index (χ1) is 7.62. The van der Waals surface area contributed by atoms with E-state index in [2.05, 4.69) is 24.2 Å². The molecule has 0 amide bonds. The topological polar surface area (TPSA) is 61.5 Å². The van der Waals surface area contributed by atoms with E-state index >= 15 is 0 Å². The third-order valence-electron chi connectivity index (χ3n) is 3.68. The van der Waals surface area contributed by atoms with Gasteiger partial charge in [-0.3, -0.25) is 0 Å². The average Bonchev–Trinajstić information content (AvgIpc) is 2.30. The lowest BCUT2D eigenvalue weighted by atomic mass is 9.86. The molecule has 1 heterocycles. The quantitative estimate of drug-likeness (QED) is 0.607. The molecule has 0 aromatic rings. The normalized spacial score (nSPS) is 23.2. The molecule has 4 heteroatoms. The summed E-state index contributed by atoms with van der Waals surface area (Å²) in [6.45, 7) is 5.42. The first-order valence-electron chi connectivity index (χ1n) is 6.39. The highest BCUT2D eigenvalue weighted by atomic mass is 16.2. The van der Waals surface area contributed by atoms with Gasteiger partial charge in [0.1, 0.15) is 0 Å². The van der Waals surface area contributed by atoms with Crippen LogP contribution in [0.25, 0.3) is 0 Å². The van der Waals surface area contributed by atoms with Gasteiger partial charge in [0.15, 0.2) is 0 Å². The Bertz CT molecular complexity index is 191. The molecule has 1 aliphatic heterocycles. The maximum atomic E-state index is 8.82. The van der Waals surface area contributed by atoms with Gasteiger partial charge in [0, 0.05) is 24.7 Å². The van der Waals surface area contributed by atoms with Crippen molar-refractivity contribution >= 4 is 0 Å². The van der Waals surface area contributed by atoms with Crippen LogP contribution in [0, 0.1) is 0 Å². The summed E-state index contributed by atoms with van der Waals surface area (Å²) in [6, 6.07) is 0.444. The molecule has 0 radical (unpaired) electrons. The van der Waals surface area contributed by atoms with Crippen molar-refractivity contribution in [1.29, 1.82) is 0 Å². The summed E-state index contributed by atoms with van der Waals surface area (Å²) in [7, 11) is 2.16. The Morgan fingerprint density at radius 3 is 2.56 bits per heavy atom. The third kappa shape index (κ3) is 4.01. The molecule has 0 bridgehead atoms. The predicted molar refractivity (Wildman–Crippen MR) is 67.4 cm³/mol. The molecule has 4 N–H and O–H groups in total. The van der Waals surface area contributed by atoms with Gasteiger partial charge < -0.3 is 21.1 Å². The molecule has 1 fully saturated rings. The van der Waals surface area contributed by atoms with Crippen molar-refractivity contribution in [1.82, 2.24) is 10.2 Å². The van der Waals surface area contributed by atoms with E-state index in [1.807, 2.05) is 0 Å². The lowest BCUT2D eigenvalue weighted by Crippen LogP contribution is -2.59. The van der Waals surface area contributed by atoms with Crippen LogP contribution >= 0.6 is 0 Å². The molecular weight excluding hydrogens is 202 g/mol. The Balaban J connectivity index is 2.40. The molecule has 0 aromatic heterocycles. The number of nitrogens with zero attached hydrogens (tertiary/aromatic N) is 1. The van der Waals surface area contributed by atoms with Gasteiger partial charge in [-0.2, -0.15) is 0 Å². The zero-order valence-corrected chi connectivity index (χ0v) is 10.7. The van der Waals surface area contributed by atoms with Crippen molar-refractivity contribution in [2.45, 2.75) is 44.2 Å². The standard InChI is InChI=1S/C12H27N3O/c1-11(4-3-9-16)14-12(10-13)5-7-15(2)8-6-12/h11,14,16H,3-10,13H2,1-2H3. The van der Waals surface area contributed by atoms with Crippen LogP contribution in [0.4, 0.5) is 0 Å². The molecule has 1 unspecified atom stereocenters. The highest BCUT2D eigenvalue weighted by molar-refractivity contribution is 4.95.